The van der Waals surface area contributed by atoms with E-state index in [1.807, 2.05) is 6.07 Å². The Balaban J connectivity index is 2.01. The molecule has 0 aliphatic heterocycles. The molecule has 0 radical (unpaired) electrons. The molecular weight excluding hydrogens is 250 g/mol. The topological polar surface area (TPSA) is 30.5 Å². The summed E-state index contributed by atoms with van der Waals surface area (Å²) in [6.07, 6.45) is 7.76. The van der Waals surface area contributed by atoms with Gasteiger partial charge in [-0.15, -0.1) is 0 Å². The number of rotatable bonds is 7. The summed E-state index contributed by atoms with van der Waals surface area (Å²) < 4.78 is 11.6. The van der Waals surface area contributed by atoms with Gasteiger partial charge < -0.3 is 14.8 Å². The van der Waals surface area contributed by atoms with Gasteiger partial charge in [0.1, 0.15) is 0 Å². The monoisotopic (exact) mass is 277 g/mol. The van der Waals surface area contributed by atoms with Crippen LogP contribution in [0.25, 0.3) is 0 Å². The van der Waals surface area contributed by atoms with Gasteiger partial charge in [0.25, 0.3) is 0 Å². The highest BCUT2D eigenvalue weighted by Crippen LogP contribution is 2.31. The summed E-state index contributed by atoms with van der Waals surface area (Å²) in [5.74, 6) is 1.74. The molecule has 1 N–H and O–H groups in total. The van der Waals surface area contributed by atoms with Gasteiger partial charge in [-0.05, 0) is 56.3 Å². The summed E-state index contributed by atoms with van der Waals surface area (Å²) in [7, 11) is 1.71. The molecule has 0 atom stereocenters. The fourth-order valence-corrected chi connectivity index (χ4v) is 2.70. The van der Waals surface area contributed by atoms with Gasteiger partial charge in [0.2, 0.25) is 0 Å². The third-order valence-corrected chi connectivity index (χ3v) is 3.83. The first-order valence-electron chi connectivity index (χ1n) is 7.87. The fraction of sp³-hybridized carbons (Fsp3) is 0.647. The van der Waals surface area contributed by atoms with Crippen LogP contribution in [0.3, 0.4) is 0 Å². The quantitative estimate of drug-likeness (QED) is 0.767. The molecule has 2 rings (SSSR count). The van der Waals surface area contributed by atoms with Gasteiger partial charge in [0.15, 0.2) is 11.5 Å². The van der Waals surface area contributed by atoms with E-state index in [-0.39, 0.29) is 0 Å². The summed E-state index contributed by atoms with van der Waals surface area (Å²) in [6, 6.07) is 6.24. The molecule has 3 nitrogen and oxygen atoms in total. The third-order valence-electron chi connectivity index (χ3n) is 3.83. The average molecular weight is 277 g/mol. The molecule has 0 unspecified atom stereocenters. The molecule has 0 aromatic heterocycles. The summed E-state index contributed by atoms with van der Waals surface area (Å²) in [6.45, 7) is 4.11. The lowest BCUT2D eigenvalue weighted by molar-refractivity contribution is 0.149. The van der Waals surface area contributed by atoms with E-state index in [1.54, 1.807) is 7.11 Å². The first kappa shape index (κ1) is 15.2. The fourth-order valence-electron chi connectivity index (χ4n) is 2.70. The lowest BCUT2D eigenvalue weighted by Crippen LogP contribution is -2.20. The van der Waals surface area contributed by atoms with Crippen LogP contribution in [0.15, 0.2) is 18.2 Å². The first-order valence-corrected chi connectivity index (χ1v) is 7.87. The van der Waals surface area contributed by atoms with E-state index in [4.69, 9.17) is 9.47 Å². The molecule has 1 aliphatic carbocycles. The molecule has 1 aromatic carbocycles. The van der Waals surface area contributed by atoms with E-state index in [2.05, 4.69) is 24.4 Å². The van der Waals surface area contributed by atoms with Crippen molar-refractivity contribution in [2.75, 3.05) is 13.7 Å². The Bertz CT molecular complexity index is 400. The highest BCUT2D eigenvalue weighted by Gasteiger charge is 2.17. The Morgan fingerprint density at radius 1 is 1.15 bits per heavy atom. The van der Waals surface area contributed by atoms with Crippen molar-refractivity contribution >= 4 is 0 Å². The number of nitrogens with one attached hydrogen (secondary N) is 1. The molecule has 1 saturated carbocycles. The van der Waals surface area contributed by atoms with Crippen molar-refractivity contribution in [3.63, 3.8) is 0 Å². The third kappa shape index (κ3) is 4.41. The maximum atomic E-state index is 6.17. The normalized spacial score (nSPS) is 16.1. The second-order valence-corrected chi connectivity index (χ2v) is 5.54. The van der Waals surface area contributed by atoms with Crippen LogP contribution in [0.4, 0.5) is 0 Å². The lowest BCUT2D eigenvalue weighted by atomic mass is 9.98. The standard InChI is InChI=1S/C17H27NO2/c1-3-11-18-13-14-9-10-16(19-2)17(12-14)20-15-7-5-4-6-8-15/h9-10,12,15,18H,3-8,11,13H2,1-2H3. The van der Waals surface area contributed by atoms with Gasteiger partial charge in [0.05, 0.1) is 13.2 Å². The predicted molar refractivity (Wildman–Crippen MR) is 82.5 cm³/mol. The van der Waals surface area contributed by atoms with E-state index in [0.29, 0.717) is 6.10 Å². The lowest BCUT2D eigenvalue weighted by Gasteiger charge is -2.24. The zero-order valence-corrected chi connectivity index (χ0v) is 12.8. The van der Waals surface area contributed by atoms with Crippen LogP contribution in [0, 0.1) is 0 Å². The molecule has 1 aromatic rings. The number of methoxy groups -OCH3 is 1. The van der Waals surface area contributed by atoms with Gasteiger partial charge in [-0.1, -0.05) is 19.4 Å². The minimum Gasteiger partial charge on any atom is -0.493 e. The largest absolute Gasteiger partial charge is 0.493 e. The molecule has 0 bridgehead atoms. The van der Waals surface area contributed by atoms with Gasteiger partial charge in [-0.25, -0.2) is 0 Å². The molecular formula is C17H27NO2. The summed E-state index contributed by atoms with van der Waals surface area (Å²) in [5.41, 5.74) is 1.25. The zero-order chi connectivity index (χ0) is 14.2. The zero-order valence-electron chi connectivity index (χ0n) is 12.8. The van der Waals surface area contributed by atoms with Crippen LogP contribution in [-0.2, 0) is 6.54 Å². The van der Waals surface area contributed by atoms with E-state index >= 15 is 0 Å². The molecule has 112 valence electrons. The van der Waals surface area contributed by atoms with Crippen LogP contribution in [0.1, 0.15) is 51.0 Å². The van der Waals surface area contributed by atoms with E-state index in [9.17, 15) is 0 Å². The van der Waals surface area contributed by atoms with Crippen molar-refractivity contribution in [3.05, 3.63) is 23.8 Å². The molecule has 1 fully saturated rings. The van der Waals surface area contributed by atoms with E-state index in [0.717, 1.165) is 31.0 Å². The van der Waals surface area contributed by atoms with Gasteiger partial charge in [-0.3, -0.25) is 0 Å². The summed E-state index contributed by atoms with van der Waals surface area (Å²) in [4.78, 5) is 0. The van der Waals surface area contributed by atoms with E-state index in [1.165, 1.54) is 37.7 Å². The van der Waals surface area contributed by atoms with Gasteiger partial charge in [-0.2, -0.15) is 0 Å². The minimum atomic E-state index is 0.358. The van der Waals surface area contributed by atoms with E-state index < -0.39 is 0 Å². The molecule has 0 amide bonds. The Morgan fingerprint density at radius 3 is 2.65 bits per heavy atom. The maximum absolute atomic E-state index is 6.17. The van der Waals surface area contributed by atoms with Crippen molar-refractivity contribution in [1.82, 2.24) is 5.32 Å². The van der Waals surface area contributed by atoms with Crippen molar-refractivity contribution in [2.45, 2.75) is 58.1 Å². The average Bonchev–Trinajstić information content (AvgIpc) is 2.49. The number of benzene rings is 1. The van der Waals surface area contributed by atoms with Crippen molar-refractivity contribution < 1.29 is 9.47 Å². The molecule has 20 heavy (non-hydrogen) atoms. The SMILES string of the molecule is CCCNCc1ccc(OC)c(OC2CCCCC2)c1. The van der Waals surface area contributed by atoms with Crippen LogP contribution < -0.4 is 14.8 Å². The number of hydrogen-bond donors (Lipinski definition) is 1. The second kappa shape index (κ2) is 8.15. The first-order chi connectivity index (χ1) is 9.83. The molecule has 1 aliphatic rings. The Morgan fingerprint density at radius 2 is 1.95 bits per heavy atom. The number of ether oxygens (including phenoxy) is 2. The minimum absolute atomic E-state index is 0.358. The molecule has 0 heterocycles. The Hall–Kier alpha value is -1.22. The van der Waals surface area contributed by atoms with Crippen molar-refractivity contribution in [1.29, 1.82) is 0 Å². The van der Waals surface area contributed by atoms with Crippen LogP contribution in [0.5, 0.6) is 11.5 Å². The number of hydrogen-bond acceptors (Lipinski definition) is 3. The smallest absolute Gasteiger partial charge is 0.161 e. The second-order valence-electron chi connectivity index (χ2n) is 5.54. The maximum Gasteiger partial charge on any atom is 0.161 e. The predicted octanol–water partition coefficient (Wildman–Crippen LogP) is 3.91. The Labute approximate surface area is 122 Å². The summed E-state index contributed by atoms with van der Waals surface area (Å²) in [5, 5.41) is 3.42. The summed E-state index contributed by atoms with van der Waals surface area (Å²) >= 11 is 0. The molecule has 0 spiro atoms. The van der Waals surface area contributed by atoms with Gasteiger partial charge >= 0.3 is 0 Å². The van der Waals surface area contributed by atoms with Crippen molar-refractivity contribution in [2.24, 2.45) is 0 Å². The van der Waals surface area contributed by atoms with Crippen LogP contribution >= 0.6 is 0 Å². The Kier molecular flexibility index (Phi) is 6.19. The van der Waals surface area contributed by atoms with Crippen LogP contribution in [0.2, 0.25) is 0 Å². The van der Waals surface area contributed by atoms with Gasteiger partial charge in [0, 0.05) is 6.54 Å². The molecule has 0 saturated heterocycles. The van der Waals surface area contributed by atoms with Crippen LogP contribution in [-0.4, -0.2) is 19.8 Å². The molecule has 3 heteroatoms. The van der Waals surface area contributed by atoms with Crippen molar-refractivity contribution in [3.8, 4) is 11.5 Å². The highest BCUT2D eigenvalue weighted by atomic mass is 16.5. The highest BCUT2D eigenvalue weighted by molar-refractivity contribution is 5.43.